The summed E-state index contributed by atoms with van der Waals surface area (Å²) in [7, 11) is 0. The van der Waals surface area contributed by atoms with E-state index in [1.165, 1.54) is 0 Å². The van der Waals surface area contributed by atoms with Gasteiger partial charge < -0.3 is 5.32 Å². The predicted molar refractivity (Wildman–Crippen MR) is 91.9 cm³/mol. The second kappa shape index (κ2) is 6.32. The number of halogens is 2. The van der Waals surface area contributed by atoms with E-state index in [1.807, 2.05) is 30.3 Å². The van der Waals surface area contributed by atoms with Gasteiger partial charge in [0.05, 0.1) is 0 Å². The molecule has 0 aliphatic heterocycles. The van der Waals surface area contributed by atoms with Gasteiger partial charge in [0.1, 0.15) is 16.2 Å². The Morgan fingerprint density at radius 1 is 1.19 bits per heavy atom. The number of nitrogens with zero attached hydrogens (tertiary/aromatic N) is 2. The normalized spacial score (nSPS) is 13.0. The molecule has 1 unspecified atom stereocenters. The second-order valence-corrected chi connectivity index (χ2v) is 7.32. The van der Waals surface area contributed by atoms with Crippen LogP contribution in [0.5, 0.6) is 0 Å². The Kier molecular flexibility index (Phi) is 4.89. The number of hydrogen-bond acceptors (Lipinski definition) is 3. The SMILES string of the molecule is CC(Nc1cc(Br)nc(C(C)(C)C)n1)c1cccc(Cl)c1. The van der Waals surface area contributed by atoms with Gasteiger partial charge in [0.15, 0.2) is 0 Å². The Balaban J connectivity index is 2.25. The van der Waals surface area contributed by atoms with Crippen LogP contribution in [0.15, 0.2) is 34.9 Å². The highest BCUT2D eigenvalue weighted by Crippen LogP contribution is 2.25. The minimum absolute atomic E-state index is 0.0977. The Labute approximate surface area is 139 Å². The van der Waals surface area contributed by atoms with Crippen LogP contribution in [0.25, 0.3) is 0 Å². The summed E-state index contributed by atoms with van der Waals surface area (Å²) in [5, 5.41) is 4.14. The molecule has 3 nitrogen and oxygen atoms in total. The molecule has 0 amide bonds. The fraction of sp³-hybridized carbons (Fsp3) is 0.375. The minimum Gasteiger partial charge on any atom is -0.363 e. The summed E-state index contributed by atoms with van der Waals surface area (Å²) < 4.78 is 0.781. The van der Waals surface area contributed by atoms with E-state index < -0.39 is 0 Å². The van der Waals surface area contributed by atoms with Crippen LogP contribution in [-0.4, -0.2) is 9.97 Å². The van der Waals surface area contributed by atoms with E-state index in [0.717, 1.165) is 26.8 Å². The molecule has 1 N–H and O–H groups in total. The molecular weight excluding hydrogens is 350 g/mol. The number of anilines is 1. The Morgan fingerprint density at radius 3 is 2.52 bits per heavy atom. The molecule has 0 bridgehead atoms. The van der Waals surface area contributed by atoms with Crippen LogP contribution in [0.3, 0.4) is 0 Å². The maximum absolute atomic E-state index is 6.04. The molecule has 0 spiro atoms. The van der Waals surface area contributed by atoms with Gasteiger partial charge in [0.2, 0.25) is 0 Å². The maximum atomic E-state index is 6.04. The van der Waals surface area contributed by atoms with Gasteiger partial charge in [-0.05, 0) is 40.5 Å². The van der Waals surface area contributed by atoms with E-state index in [1.54, 1.807) is 0 Å². The summed E-state index contributed by atoms with van der Waals surface area (Å²) in [6, 6.07) is 9.82. The zero-order valence-electron chi connectivity index (χ0n) is 12.6. The van der Waals surface area contributed by atoms with Crippen molar-refractivity contribution in [3.05, 3.63) is 51.3 Å². The standard InChI is InChI=1S/C16H19BrClN3/c1-10(11-6-5-7-12(18)8-11)19-14-9-13(17)20-15(21-14)16(2,3)4/h5-10H,1-4H3,(H,19,20,21). The molecule has 0 saturated carbocycles. The van der Waals surface area contributed by atoms with E-state index in [9.17, 15) is 0 Å². The Bertz CT molecular complexity index is 638. The highest BCUT2D eigenvalue weighted by Gasteiger charge is 2.19. The lowest BCUT2D eigenvalue weighted by Crippen LogP contribution is -2.18. The summed E-state index contributed by atoms with van der Waals surface area (Å²) in [6.45, 7) is 8.37. The van der Waals surface area contributed by atoms with Crippen molar-refractivity contribution in [2.75, 3.05) is 5.32 Å². The molecule has 5 heteroatoms. The molecule has 2 rings (SSSR count). The number of nitrogens with one attached hydrogen (secondary N) is 1. The fourth-order valence-corrected chi connectivity index (χ4v) is 2.49. The highest BCUT2D eigenvalue weighted by molar-refractivity contribution is 9.10. The van der Waals surface area contributed by atoms with Crippen molar-refractivity contribution < 1.29 is 0 Å². The van der Waals surface area contributed by atoms with Crippen LogP contribution in [0.2, 0.25) is 5.02 Å². The van der Waals surface area contributed by atoms with Gasteiger partial charge in [0.25, 0.3) is 0 Å². The molecule has 2 aromatic rings. The van der Waals surface area contributed by atoms with Crippen molar-refractivity contribution in [1.82, 2.24) is 9.97 Å². The van der Waals surface area contributed by atoms with Gasteiger partial charge in [-0.25, -0.2) is 9.97 Å². The smallest absolute Gasteiger partial charge is 0.137 e. The average Bonchev–Trinajstić information content (AvgIpc) is 2.37. The molecule has 21 heavy (non-hydrogen) atoms. The van der Waals surface area contributed by atoms with Gasteiger partial charge in [-0.1, -0.05) is 44.5 Å². The molecule has 1 aromatic carbocycles. The first-order valence-electron chi connectivity index (χ1n) is 6.83. The van der Waals surface area contributed by atoms with Gasteiger partial charge in [-0.3, -0.25) is 0 Å². The van der Waals surface area contributed by atoms with Crippen molar-refractivity contribution in [2.24, 2.45) is 0 Å². The first-order valence-corrected chi connectivity index (χ1v) is 8.00. The third-order valence-corrected chi connectivity index (χ3v) is 3.72. The van der Waals surface area contributed by atoms with Crippen molar-refractivity contribution >= 4 is 33.3 Å². The third-order valence-electron chi connectivity index (χ3n) is 3.08. The highest BCUT2D eigenvalue weighted by atomic mass is 79.9. The second-order valence-electron chi connectivity index (χ2n) is 6.07. The lowest BCUT2D eigenvalue weighted by Gasteiger charge is -2.20. The van der Waals surface area contributed by atoms with Crippen molar-refractivity contribution in [2.45, 2.75) is 39.2 Å². The zero-order valence-corrected chi connectivity index (χ0v) is 15.0. The third kappa shape index (κ3) is 4.42. The van der Waals surface area contributed by atoms with E-state index >= 15 is 0 Å². The van der Waals surface area contributed by atoms with Gasteiger partial charge >= 0.3 is 0 Å². The zero-order chi connectivity index (χ0) is 15.6. The van der Waals surface area contributed by atoms with Crippen molar-refractivity contribution in [3.8, 4) is 0 Å². The van der Waals surface area contributed by atoms with Crippen molar-refractivity contribution in [1.29, 1.82) is 0 Å². The number of hydrogen-bond donors (Lipinski definition) is 1. The summed E-state index contributed by atoms with van der Waals surface area (Å²) in [5.74, 6) is 1.60. The molecule has 0 fully saturated rings. The lowest BCUT2D eigenvalue weighted by molar-refractivity contribution is 0.544. The fourth-order valence-electron chi connectivity index (χ4n) is 1.91. The first-order chi connectivity index (χ1) is 9.75. The summed E-state index contributed by atoms with van der Waals surface area (Å²) in [6.07, 6.45) is 0. The molecule has 1 heterocycles. The number of aromatic nitrogens is 2. The molecule has 0 radical (unpaired) electrons. The molecule has 0 saturated heterocycles. The summed E-state index contributed by atoms with van der Waals surface area (Å²) in [5.41, 5.74) is 1.02. The van der Waals surface area contributed by atoms with E-state index in [0.29, 0.717) is 0 Å². The predicted octanol–water partition coefficient (Wildman–Crippen LogP) is 5.36. The molecule has 1 atom stereocenters. The van der Waals surface area contributed by atoms with Crippen LogP contribution in [0, 0.1) is 0 Å². The van der Waals surface area contributed by atoms with Crippen LogP contribution in [0.1, 0.15) is 45.1 Å². The molecular formula is C16H19BrClN3. The largest absolute Gasteiger partial charge is 0.363 e. The van der Waals surface area contributed by atoms with E-state index in [4.69, 9.17) is 11.6 Å². The first kappa shape index (κ1) is 16.2. The molecule has 0 aliphatic carbocycles. The minimum atomic E-state index is -0.0977. The van der Waals surface area contributed by atoms with Crippen LogP contribution < -0.4 is 5.32 Å². The lowest BCUT2D eigenvalue weighted by atomic mass is 9.96. The molecule has 0 aliphatic rings. The Morgan fingerprint density at radius 2 is 1.90 bits per heavy atom. The number of rotatable bonds is 3. The van der Waals surface area contributed by atoms with Crippen LogP contribution in [-0.2, 0) is 5.41 Å². The van der Waals surface area contributed by atoms with Gasteiger partial charge in [0, 0.05) is 22.5 Å². The monoisotopic (exact) mass is 367 g/mol. The topological polar surface area (TPSA) is 37.8 Å². The van der Waals surface area contributed by atoms with Crippen LogP contribution >= 0.6 is 27.5 Å². The van der Waals surface area contributed by atoms with E-state index in [-0.39, 0.29) is 11.5 Å². The summed E-state index contributed by atoms with van der Waals surface area (Å²) >= 11 is 9.49. The van der Waals surface area contributed by atoms with Crippen molar-refractivity contribution in [3.63, 3.8) is 0 Å². The van der Waals surface area contributed by atoms with Crippen LogP contribution in [0.4, 0.5) is 5.82 Å². The average molecular weight is 369 g/mol. The Hall–Kier alpha value is -1.13. The van der Waals surface area contributed by atoms with Gasteiger partial charge in [-0.15, -0.1) is 0 Å². The number of benzene rings is 1. The van der Waals surface area contributed by atoms with Gasteiger partial charge in [-0.2, -0.15) is 0 Å². The molecule has 112 valence electrons. The summed E-state index contributed by atoms with van der Waals surface area (Å²) in [4.78, 5) is 9.05. The quantitative estimate of drug-likeness (QED) is 0.741. The van der Waals surface area contributed by atoms with E-state index in [2.05, 4.69) is 58.9 Å². The maximum Gasteiger partial charge on any atom is 0.137 e. The molecule has 1 aromatic heterocycles.